The molecule has 0 bridgehead atoms. The number of hydrogen-bond acceptors (Lipinski definition) is 8. The van der Waals surface area contributed by atoms with Crippen LogP contribution in [0.4, 0.5) is 0 Å². The molecule has 0 aromatic heterocycles. The Morgan fingerprint density at radius 2 is 1.00 bits per heavy atom. The van der Waals surface area contributed by atoms with E-state index in [1.807, 2.05) is 0 Å². The summed E-state index contributed by atoms with van der Waals surface area (Å²) in [4.78, 5) is 4.68. The molecule has 2 N–H and O–H groups in total. The van der Waals surface area contributed by atoms with Gasteiger partial charge in [-0.1, -0.05) is 0 Å². The molecule has 2 unspecified atom stereocenters. The molecule has 2 atom stereocenters. The Bertz CT molecular complexity index is 458. The number of nitrogens with one attached hydrogen (secondary N) is 2. The first-order valence-corrected chi connectivity index (χ1v) is 18.6. The fraction of sp³-hybridized carbons (Fsp3) is 1.00. The van der Waals surface area contributed by atoms with Gasteiger partial charge in [-0.2, -0.15) is 0 Å². The van der Waals surface area contributed by atoms with Crippen LogP contribution in [0, 0.1) is 0 Å². The Morgan fingerprint density at radius 3 is 1.29 bits per heavy atom. The normalized spacial score (nSPS) is 15.4. The van der Waals surface area contributed by atoms with Crippen LogP contribution in [0.1, 0.15) is 69.2 Å². The van der Waals surface area contributed by atoms with E-state index in [0.29, 0.717) is 36.7 Å². The second-order valence-corrected chi connectivity index (χ2v) is 20.3. The molecule has 0 aliphatic heterocycles. The van der Waals surface area contributed by atoms with Crippen molar-refractivity contribution in [3.63, 3.8) is 0 Å². The van der Waals surface area contributed by atoms with Crippen LogP contribution in [0.15, 0.2) is 0 Å². The number of rotatable bonds is 16. The fourth-order valence-corrected chi connectivity index (χ4v) is 10.2. The Labute approximate surface area is 228 Å². The van der Waals surface area contributed by atoms with Crippen LogP contribution in [-0.4, -0.2) is 149 Å². The third kappa shape index (κ3) is 16.5. The molecule has 0 saturated carbocycles. The van der Waals surface area contributed by atoms with Crippen LogP contribution < -0.4 is 10.6 Å². The molecule has 0 radical (unpaired) electrons. The van der Waals surface area contributed by atoms with Gasteiger partial charge in [-0.3, -0.25) is 0 Å². The Balaban J connectivity index is 0. The summed E-state index contributed by atoms with van der Waals surface area (Å²) >= 11 is -1.68. The van der Waals surface area contributed by atoms with E-state index in [-0.39, 0.29) is 0 Å². The summed E-state index contributed by atoms with van der Waals surface area (Å²) in [6, 6.07) is 2.23. The Kier molecular flexibility index (Phi) is 21.5. The first kappa shape index (κ1) is 36.9. The summed E-state index contributed by atoms with van der Waals surface area (Å²) in [6.45, 7) is 24.8. The van der Waals surface area contributed by atoms with Crippen LogP contribution in [-0.2, 0) is 0 Å². The molecule has 10 heteroatoms. The summed E-state index contributed by atoms with van der Waals surface area (Å²) in [5, 5.41) is 7.35. The van der Waals surface area contributed by atoms with Gasteiger partial charge >= 0.3 is 229 Å². The van der Waals surface area contributed by atoms with Gasteiger partial charge in [-0.05, 0) is 0 Å². The van der Waals surface area contributed by atoms with E-state index in [1.165, 1.54) is 0 Å². The number of nitrogens with zero attached hydrogens (tertiary/aromatic N) is 6. The molecule has 208 valence electrons. The predicted molar refractivity (Wildman–Crippen MR) is 159 cm³/mol. The molecule has 34 heavy (non-hydrogen) atoms. The quantitative estimate of drug-likeness (QED) is 0.199. The van der Waals surface area contributed by atoms with E-state index in [2.05, 4.69) is 147 Å². The van der Waals surface area contributed by atoms with Crippen molar-refractivity contribution in [3.05, 3.63) is 0 Å². The van der Waals surface area contributed by atoms with E-state index in [4.69, 9.17) is 0 Å². The Morgan fingerprint density at radius 1 is 0.588 bits per heavy atom. The molecular formula is C24H64Ge2N8. The van der Waals surface area contributed by atoms with Crippen LogP contribution in [0.5, 0.6) is 0 Å². The van der Waals surface area contributed by atoms with Crippen molar-refractivity contribution >= 4 is 31.8 Å². The second-order valence-electron chi connectivity index (χ2n) is 11.2. The van der Waals surface area contributed by atoms with Crippen molar-refractivity contribution in [2.24, 2.45) is 0 Å². The summed E-state index contributed by atoms with van der Waals surface area (Å²) in [7, 11) is 13.1. The monoisotopic (exact) mass is 612 g/mol. The zero-order chi connectivity index (χ0) is 27.2. The molecule has 0 heterocycles. The second kappa shape index (κ2) is 19.8. The van der Waals surface area contributed by atoms with Gasteiger partial charge in [0.05, 0.1) is 0 Å². The van der Waals surface area contributed by atoms with E-state index < -0.39 is 31.8 Å². The van der Waals surface area contributed by atoms with Gasteiger partial charge in [-0.25, -0.2) is 0 Å². The van der Waals surface area contributed by atoms with Crippen molar-refractivity contribution in [1.29, 1.82) is 0 Å². The van der Waals surface area contributed by atoms with E-state index in [0.717, 1.165) is 13.1 Å². The summed E-state index contributed by atoms with van der Waals surface area (Å²) < 4.78 is 10.3. The molecule has 0 saturated heterocycles. The van der Waals surface area contributed by atoms with Crippen molar-refractivity contribution in [2.75, 3.05) is 55.4 Å². The molecule has 0 rings (SSSR count). The van der Waals surface area contributed by atoms with Crippen molar-refractivity contribution in [2.45, 2.75) is 106 Å². The minimum absolute atomic E-state index is 0.363. The summed E-state index contributed by atoms with van der Waals surface area (Å²) in [5.41, 5.74) is 0. The molecule has 0 fully saturated rings. The van der Waals surface area contributed by atoms with Gasteiger partial charge < -0.3 is 0 Å². The van der Waals surface area contributed by atoms with Gasteiger partial charge in [0.15, 0.2) is 0 Å². The summed E-state index contributed by atoms with van der Waals surface area (Å²) in [5.74, 6) is 0. The van der Waals surface area contributed by atoms with E-state index >= 15 is 0 Å². The van der Waals surface area contributed by atoms with Gasteiger partial charge in [-0.15, -0.1) is 0 Å². The molecule has 0 spiro atoms. The molecule has 0 aromatic rings. The van der Waals surface area contributed by atoms with Crippen molar-refractivity contribution in [3.8, 4) is 0 Å². The van der Waals surface area contributed by atoms with Crippen LogP contribution in [0.25, 0.3) is 0 Å². The Hall–Kier alpha value is 0.766. The average molecular weight is 610 g/mol. The fourth-order valence-electron chi connectivity index (χ4n) is 3.54. The van der Waals surface area contributed by atoms with Gasteiger partial charge in [0, 0.05) is 0 Å². The van der Waals surface area contributed by atoms with Crippen molar-refractivity contribution < 1.29 is 0 Å². The van der Waals surface area contributed by atoms with Crippen molar-refractivity contribution in [1.82, 2.24) is 35.9 Å². The van der Waals surface area contributed by atoms with Gasteiger partial charge in [0.1, 0.15) is 0 Å². The zero-order valence-corrected chi connectivity index (χ0v) is 31.9. The zero-order valence-electron chi connectivity index (χ0n) is 26.0. The third-order valence-electron chi connectivity index (χ3n) is 5.72. The maximum atomic E-state index is 3.71. The topological polar surface area (TPSA) is 43.5 Å². The van der Waals surface area contributed by atoms with E-state index in [9.17, 15) is 0 Å². The molecule has 8 nitrogen and oxygen atoms in total. The third-order valence-corrected chi connectivity index (χ3v) is 14.7. The molecule has 0 amide bonds. The minimum atomic E-state index is -0.856. The van der Waals surface area contributed by atoms with E-state index in [1.54, 1.807) is 0 Å². The van der Waals surface area contributed by atoms with Gasteiger partial charge in [0.25, 0.3) is 0 Å². The van der Waals surface area contributed by atoms with Gasteiger partial charge in [0.2, 0.25) is 0 Å². The average Bonchev–Trinajstić information content (AvgIpc) is 2.71. The standard InChI is InChI=1S/C13H34GeN4.C11H30GeN4/c1-9-16(7)13(15-11(3)4)18(12(5)6)14-17(8)10-2;1-9(2)13-11(14(5)6)16(10(3)4)12-15(7)8/h11-13,15H,9-10,14H2,1-8H3;9-11,13H,12H2,1-8H3. The predicted octanol–water partition coefficient (Wildman–Crippen LogP) is 0.981. The first-order chi connectivity index (χ1) is 15.6. The molecule has 0 aliphatic rings. The number of hydrogen-bond donors (Lipinski definition) is 2. The summed E-state index contributed by atoms with van der Waals surface area (Å²) in [6.07, 6.45) is 0.742. The SMILES string of the molecule is CC(C)NC(N(C)C)[N]([GeH2][N](C)C)C(C)C.CC[N](C)[GeH2][N](C(C)C)C(NC(C)C)N(C)CC. The first-order valence-electron chi connectivity index (χ1n) is 13.3. The molecule has 0 aromatic carbocycles. The maximum absolute atomic E-state index is 3.71. The molecular weight excluding hydrogens is 546 g/mol. The van der Waals surface area contributed by atoms with Crippen LogP contribution >= 0.6 is 0 Å². The molecule has 0 aliphatic carbocycles. The van der Waals surface area contributed by atoms with Crippen LogP contribution in [0.2, 0.25) is 0 Å². The van der Waals surface area contributed by atoms with Crippen LogP contribution in [0.3, 0.4) is 0 Å².